The van der Waals surface area contributed by atoms with Crippen LogP contribution in [0.4, 0.5) is 0 Å². The lowest BCUT2D eigenvalue weighted by atomic mass is 9.70. The average molecular weight is 977 g/mol. The van der Waals surface area contributed by atoms with Gasteiger partial charge >= 0.3 is 0 Å². The number of para-hydroxylation sites is 6. The fourth-order valence-electron chi connectivity index (χ4n) is 14.6. The Morgan fingerprint density at radius 2 is 0.481 bits per heavy atom. The smallest absolute Gasteiger partial charge is 0.0788 e. The number of hydrogen-bond acceptors (Lipinski definition) is 0. The highest BCUT2D eigenvalue weighted by atomic mass is 15.1. The zero-order valence-electron chi connectivity index (χ0n) is 41.7. The predicted octanol–water partition coefficient (Wildman–Crippen LogP) is 18.4. The highest BCUT2D eigenvalue weighted by Crippen LogP contribution is 2.63. The SMILES string of the molecule is c1ccc(-n2c3ccccc3c3ccc4c5ccccc5n(-c5ccc6c(c5)C5(c7ccccc7-c7ccccc75)c5cc(-n7c8ccccc8c8ccc9c%10ccccc%10n(-c%10ccccc%10)c9c87)ccc5-6)c4c32)cc1. The van der Waals surface area contributed by atoms with Gasteiger partial charge in [0.2, 0.25) is 0 Å². The summed E-state index contributed by atoms with van der Waals surface area (Å²) in [5.74, 6) is 0. The fraction of sp³-hybridized carbons (Fsp3) is 0.0137. The van der Waals surface area contributed by atoms with Crippen molar-refractivity contribution in [2.24, 2.45) is 0 Å². The van der Waals surface area contributed by atoms with Gasteiger partial charge in [0.15, 0.2) is 0 Å². The average Bonchev–Trinajstić information content (AvgIpc) is 4.40. The van der Waals surface area contributed by atoms with E-state index < -0.39 is 5.41 Å². The molecule has 0 amide bonds. The molecule has 0 aliphatic heterocycles. The van der Waals surface area contributed by atoms with Crippen LogP contribution in [0.15, 0.2) is 267 Å². The molecular formula is C73H44N4. The van der Waals surface area contributed by atoms with Crippen LogP contribution in [0.3, 0.4) is 0 Å². The second kappa shape index (κ2) is 15.0. The first-order chi connectivity index (χ1) is 38.3. The molecular weight excluding hydrogens is 933 g/mol. The molecule has 0 saturated carbocycles. The molecule has 0 bridgehead atoms. The van der Waals surface area contributed by atoms with Crippen molar-refractivity contribution in [3.8, 4) is 45.0 Å². The van der Waals surface area contributed by atoms with E-state index >= 15 is 0 Å². The van der Waals surface area contributed by atoms with Gasteiger partial charge < -0.3 is 18.3 Å². The summed E-state index contributed by atoms with van der Waals surface area (Å²) in [6, 6.07) is 100. The highest BCUT2D eigenvalue weighted by Gasteiger charge is 2.52. The zero-order chi connectivity index (χ0) is 50.1. The van der Waals surface area contributed by atoms with Gasteiger partial charge in [-0.2, -0.15) is 0 Å². The van der Waals surface area contributed by atoms with Crippen molar-refractivity contribution in [1.82, 2.24) is 18.3 Å². The maximum atomic E-state index is 2.57. The molecule has 2 aliphatic carbocycles. The first-order valence-electron chi connectivity index (χ1n) is 26.8. The summed E-state index contributed by atoms with van der Waals surface area (Å²) in [6.07, 6.45) is 0. The zero-order valence-corrected chi connectivity index (χ0v) is 41.7. The summed E-state index contributed by atoms with van der Waals surface area (Å²) in [5.41, 5.74) is 23.9. The van der Waals surface area contributed by atoms with Crippen molar-refractivity contribution in [3.63, 3.8) is 0 Å². The third-order valence-electron chi connectivity index (χ3n) is 17.5. The number of nitrogens with zero attached hydrogens (tertiary/aromatic N) is 4. The number of fused-ring (bicyclic) bond motifs is 24. The van der Waals surface area contributed by atoms with Crippen LogP contribution < -0.4 is 0 Å². The van der Waals surface area contributed by atoms with Gasteiger partial charge in [0.25, 0.3) is 0 Å². The third kappa shape index (κ3) is 5.17. The van der Waals surface area contributed by atoms with E-state index in [0.717, 1.165) is 22.7 Å². The van der Waals surface area contributed by atoms with E-state index in [0.29, 0.717) is 0 Å². The maximum Gasteiger partial charge on any atom is 0.0788 e. The van der Waals surface area contributed by atoms with Crippen molar-refractivity contribution in [2.45, 2.75) is 5.41 Å². The Kier molecular flexibility index (Phi) is 8.03. The van der Waals surface area contributed by atoms with Crippen LogP contribution in [0.25, 0.3) is 132 Å². The second-order valence-electron chi connectivity index (χ2n) is 21.1. The van der Waals surface area contributed by atoms with Crippen molar-refractivity contribution >= 4 is 87.2 Å². The molecule has 0 radical (unpaired) electrons. The number of rotatable bonds is 4. The monoisotopic (exact) mass is 976 g/mol. The summed E-state index contributed by atoms with van der Waals surface area (Å²) < 4.78 is 10.1. The molecule has 0 N–H and O–H groups in total. The van der Waals surface area contributed by atoms with Gasteiger partial charge in [0.05, 0.1) is 49.5 Å². The Labute approximate surface area is 442 Å². The van der Waals surface area contributed by atoms with Gasteiger partial charge in [-0.15, -0.1) is 0 Å². The van der Waals surface area contributed by atoms with Gasteiger partial charge in [-0.3, -0.25) is 0 Å². The molecule has 0 fully saturated rings. The number of aromatic nitrogens is 4. The quantitative estimate of drug-likeness (QED) is 0.167. The van der Waals surface area contributed by atoms with Gasteiger partial charge in [-0.1, -0.05) is 194 Å². The van der Waals surface area contributed by atoms with Crippen LogP contribution in [-0.4, -0.2) is 18.3 Å². The second-order valence-corrected chi connectivity index (χ2v) is 21.1. The van der Waals surface area contributed by atoms with E-state index in [1.807, 2.05) is 0 Å². The van der Waals surface area contributed by atoms with E-state index in [-0.39, 0.29) is 0 Å². The summed E-state index contributed by atoms with van der Waals surface area (Å²) in [4.78, 5) is 0. The first-order valence-corrected chi connectivity index (χ1v) is 26.8. The number of hydrogen-bond donors (Lipinski definition) is 0. The summed E-state index contributed by atoms with van der Waals surface area (Å²) in [6.45, 7) is 0. The fourth-order valence-corrected chi connectivity index (χ4v) is 14.6. The lowest BCUT2D eigenvalue weighted by Crippen LogP contribution is -2.26. The third-order valence-corrected chi connectivity index (χ3v) is 17.5. The largest absolute Gasteiger partial charge is 0.307 e. The van der Waals surface area contributed by atoms with Gasteiger partial charge in [0, 0.05) is 65.8 Å². The molecule has 16 aromatic rings. The summed E-state index contributed by atoms with van der Waals surface area (Å²) in [5, 5.41) is 9.91. The van der Waals surface area contributed by atoms with Crippen LogP contribution in [0, 0.1) is 0 Å². The first kappa shape index (κ1) is 41.2. The van der Waals surface area contributed by atoms with Gasteiger partial charge in [-0.05, 0) is 117 Å². The molecule has 0 saturated heterocycles. The lowest BCUT2D eigenvalue weighted by molar-refractivity contribution is 0.791. The molecule has 0 unspecified atom stereocenters. The molecule has 4 nitrogen and oxygen atoms in total. The minimum atomic E-state index is -0.621. The Bertz CT molecular complexity index is 4890. The molecule has 356 valence electrons. The molecule has 0 atom stereocenters. The highest BCUT2D eigenvalue weighted by molar-refractivity contribution is 6.25. The van der Waals surface area contributed by atoms with Crippen LogP contribution >= 0.6 is 0 Å². The molecule has 4 heteroatoms. The van der Waals surface area contributed by atoms with Gasteiger partial charge in [-0.25, -0.2) is 0 Å². The predicted molar refractivity (Wildman–Crippen MR) is 320 cm³/mol. The van der Waals surface area contributed by atoms with E-state index in [9.17, 15) is 0 Å². The van der Waals surface area contributed by atoms with Crippen molar-refractivity contribution in [1.29, 1.82) is 0 Å². The minimum absolute atomic E-state index is 0.621. The molecule has 4 aromatic heterocycles. The molecule has 2 aliphatic rings. The van der Waals surface area contributed by atoms with E-state index in [1.165, 1.54) is 132 Å². The van der Waals surface area contributed by atoms with Crippen molar-refractivity contribution in [3.05, 3.63) is 289 Å². The normalized spacial score (nSPS) is 13.3. The Hall–Kier alpha value is -10.2. The minimum Gasteiger partial charge on any atom is -0.307 e. The van der Waals surface area contributed by atoms with E-state index in [2.05, 4.69) is 285 Å². The maximum absolute atomic E-state index is 2.57. The molecule has 12 aromatic carbocycles. The lowest BCUT2D eigenvalue weighted by Gasteiger charge is -2.31. The van der Waals surface area contributed by atoms with Crippen molar-refractivity contribution < 1.29 is 0 Å². The molecule has 4 heterocycles. The Morgan fingerprint density at radius 3 is 0.844 bits per heavy atom. The Balaban J connectivity index is 0.954. The van der Waals surface area contributed by atoms with Crippen LogP contribution in [0.2, 0.25) is 0 Å². The summed E-state index contributed by atoms with van der Waals surface area (Å²) >= 11 is 0. The molecule has 77 heavy (non-hydrogen) atoms. The van der Waals surface area contributed by atoms with Crippen molar-refractivity contribution in [2.75, 3.05) is 0 Å². The summed E-state index contributed by atoms with van der Waals surface area (Å²) in [7, 11) is 0. The molecule has 18 rings (SSSR count). The topological polar surface area (TPSA) is 19.7 Å². The van der Waals surface area contributed by atoms with E-state index in [4.69, 9.17) is 0 Å². The molecule has 1 spiro atoms. The van der Waals surface area contributed by atoms with Crippen LogP contribution in [0.1, 0.15) is 22.3 Å². The van der Waals surface area contributed by atoms with Crippen LogP contribution in [-0.2, 0) is 5.41 Å². The van der Waals surface area contributed by atoms with Gasteiger partial charge in [0.1, 0.15) is 0 Å². The Morgan fingerprint density at radius 1 is 0.195 bits per heavy atom. The standard InChI is InChI=1S/C73H44N4/c1-3-19-45(20-4-1)74-65-31-15-9-25-53(65)57-39-41-59-55-27-11-17-33-67(55)76(71(59)69(57)74)47-35-37-51-52-38-36-48(44-64(52)73(63(51)43-47)61-29-13-7-23-49(61)50-24-8-14-30-62(50)73)77-68-34-18-12-28-56(68)60-42-40-58-54-26-10-16-32-66(54)75(70(58)72(60)77)46-21-5-2-6-22-46/h1-44H. The van der Waals surface area contributed by atoms with Crippen LogP contribution in [0.5, 0.6) is 0 Å². The number of benzene rings is 12. The van der Waals surface area contributed by atoms with E-state index in [1.54, 1.807) is 0 Å².